The van der Waals surface area contributed by atoms with Crippen LogP contribution in [0.4, 0.5) is 0 Å². The maximum atomic E-state index is 11.9. The molecule has 1 fully saturated rings. The normalized spacial score (nSPS) is 19.9. The van der Waals surface area contributed by atoms with Crippen LogP contribution in [0.15, 0.2) is 10.5 Å². The molecule has 1 heterocycles. The Bertz CT molecular complexity index is 561. The van der Waals surface area contributed by atoms with Crippen LogP contribution in [0.3, 0.4) is 0 Å². The molecule has 0 amide bonds. The van der Waals surface area contributed by atoms with Crippen molar-refractivity contribution in [1.82, 2.24) is 0 Å². The van der Waals surface area contributed by atoms with Gasteiger partial charge in [0.25, 0.3) is 0 Å². The zero-order valence-electron chi connectivity index (χ0n) is 11.4. The van der Waals surface area contributed by atoms with E-state index in [4.69, 9.17) is 9.47 Å². The van der Waals surface area contributed by atoms with E-state index >= 15 is 0 Å². The summed E-state index contributed by atoms with van der Waals surface area (Å²) >= 11 is 3.49. The fourth-order valence-electron chi connectivity index (χ4n) is 3.37. The Morgan fingerprint density at radius 3 is 2.45 bits per heavy atom. The van der Waals surface area contributed by atoms with E-state index < -0.39 is 11.4 Å². The lowest BCUT2D eigenvalue weighted by Gasteiger charge is -2.30. The van der Waals surface area contributed by atoms with Crippen LogP contribution in [-0.2, 0) is 10.2 Å². The molecule has 1 aromatic carbocycles. The average Bonchev–Trinajstić information content (AvgIpc) is 2.93. The van der Waals surface area contributed by atoms with E-state index in [0.717, 1.165) is 28.4 Å². The van der Waals surface area contributed by atoms with E-state index in [-0.39, 0.29) is 0 Å². The second kappa shape index (κ2) is 4.95. The molecule has 1 aliphatic heterocycles. The molecular weight excluding hydrogens is 324 g/mol. The van der Waals surface area contributed by atoms with E-state index in [2.05, 4.69) is 15.9 Å². The predicted octanol–water partition coefficient (Wildman–Crippen LogP) is 3.43. The number of rotatable bonds is 2. The molecule has 2 aliphatic rings. The van der Waals surface area contributed by atoms with Gasteiger partial charge in [-0.1, -0.05) is 12.8 Å². The van der Waals surface area contributed by atoms with Crippen molar-refractivity contribution < 1.29 is 19.4 Å². The Balaban J connectivity index is 2.19. The molecule has 0 saturated heterocycles. The minimum absolute atomic E-state index is 0.504. The highest BCUT2D eigenvalue weighted by molar-refractivity contribution is 9.10. The van der Waals surface area contributed by atoms with E-state index in [0.29, 0.717) is 37.6 Å². The summed E-state index contributed by atoms with van der Waals surface area (Å²) in [5.74, 6) is 0.644. The van der Waals surface area contributed by atoms with Gasteiger partial charge in [-0.25, -0.2) is 0 Å². The average molecular weight is 341 g/mol. The molecular formula is C15H17BrO4. The van der Waals surface area contributed by atoms with Gasteiger partial charge >= 0.3 is 5.97 Å². The second-order valence-electron chi connectivity index (χ2n) is 5.48. The van der Waals surface area contributed by atoms with Gasteiger partial charge in [-0.05, 0) is 52.9 Å². The van der Waals surface area contributed by atoms with Crippen molar-refractivity contribution in [3.8, 4) is 11.5 Å². The number of carboxylic acid groups (broad SMARTS) is 1. The van der Waals surface area contributed by atoms with Gasteiger partial charge in [-0.3, -0.25) is 4.79 Å². The lowest BCUT2D eigenvalue weighted by Crippen LogP contribution is -2.34. The minimum atomic E-state index is -0.775. The maximum absolute atomic E-state index is 11.9. The summed E-state index contributed by atoms with van der Waals surface area (Å²) in [4.78, 5) is 11.9. The first-order chi connectivity index (χ1) is 9.56. The molecule has 0 bridgehead atoms. The van der Waals surface area contributed by atoms with Gasteiger partial charge in [0.2, 0.25) is 0 Å². The van der Waals surface area contributed by atoms with Crippen molar-refractivity contribution in [2.75, 3.05) is 13.2 Å². The molecule has 108 valence electrons. The van der Waals surface area contributed by atoms with Crippen molar-refractivity contribution >= 4 is 21.9 Å². The number of hydrogen-bond donors (Lipinski definition) is 1. The number of carbonyl (C=O) groups is 1. The van der Waals surface area contributed by atoms with Gasteiger partial charge in [-0.15, -0.1) is 0 Å². The fourth-order valence-corrected chi connectivity index (χ4v) is 3.89. The van der Waals surface area contributed by atoms with Crippen LogP contribution in [0.1, 0.15) is 36.8 Å². The molecule has 5 heteroatoms. The van der Waals surface area contributed by atoms with Gasteiger partial charge < -0.3 is 14.6 Å². The Hall–Kier alpha value is -1.23. The Morgan fingerprint density at radius 1 is 1.25 bits per heavy atom. The molecule has 0 unspecified atom stereocenters. The van der Waals surface area contributed by atoms with Crippen LogP contribution in [-0.4, -0.2) is 24.3 Å². The largest absolute Gasteiger partial charge is 0.486 e. The van der Waals surface area contributed by atoms with Crippen LogP contribution < -0.4 is 9.47 Å². The van der Waals surface area contributed by atoms with Gasteiger partial charge in [-0.2, -0.15) is 0 Å². The van der Waals surface area contributed by atoms with Crippen molar-refractivity contribution in [1.29, 1.82) is 0 Å². The summed E-state index contributed by atoms with van der Waals surface area (Å²) in [5.41, 5.74) is 0.980. The second-order valence-corrected chi connectivity index (χ2v) is 6.33. The number of hydrogen-bond acceptors (Lipinski definition) is 3. The van der Waals surface area contributed by atoms with E-state index in [1.165, 1.54) is 0 Å². The van der Waals surface area contributed by atoms with Crippen molar-refractivity contribution in [3.63, 3.8) is 0 Å². The van der Waals surface area contributed by atoms with Gasteiger partial charge in [0.15, 0.2) is 11.5 Å². The summed E-state index contributed by atoms with van der Waals surface area (Å²) in [5, 5.41) is 9.75. The summed E-state index contributed by atoms with van der Waals surface area (Å²) < 4.78 is 12.1. The summed E-state index contributed by atoms with van der Waals surface area (Å²) in [6, 6.07) is 1.91. The number of carboxylic acids is 1. The molecule has 20 heavy (non-hydrogen) atoms. The first kappa shape index (κ1) is 13.7. The lowest BCUT2D eigenvalue weighted by molar-refractivity contribution is -0.143. The SMILES string of the molecule is Cc1c(C2(C(=O)O)CCCC2)cc(Br)c2c1OCCO2. The summed E-state index contributed by atoms with van der Waals surface area (Å²) in [7, 11) is 0. The predicted molar refractivity (Wildman–Crippen MR) is 77.7 cm³/mol. The van der Waals surface area contributed by atoms with Crippen LogP contribution in [0.2, 0.25) is 0 Å². The highest BCUT2D eigenvalue weighted by Gasteiger charge is 2.45. The Labute approximate surface area is 126 Å². The highest BCUT2D eigenvalue weighted by atomic mass is 79.9. The molecule has 0 spiro atoms. The molecule has 1 saturated carbocycles. The lowest BCUT2D eigenvalue weighted by atomic mass is 9.76. The quantitative estimate of drug-likeness (QED) is 0.896. The third-order valence-corrected chi connectivity index (χ3v) is 4.99. The van der Waals surface area contributed by atoms with Crippen LogP contribution in [0, 0.1) is 6.92 Å². The maximum Gasteiger partial charge on any atom is 0.314 e. The molecule has 0 atom stereocenters. The summed E-state index contributed by atoms with van der Waals surface area (Å²) in [6.45, 7) is 2.95. The zero-order valence-corrected chi connectivity index (χ0v) is 13.0. The van der Waals surface area contributed by atoms with Crippen LogP contribution in [0.25, 0.3) is 0 Å². The molecule has 1 aliphatic carbocycles. The van der Waals surface area contributed by atoms with Gasteiger partial charge in [0.05, 0.1) is 9.89 Å². The number of ether oxygens (including phenoxy) is 2. The minimum Gasteiger partial charge on any atom is -0.486 e. The molecule has 3 rings (SSSR count). The van der Waals surface area contributed by atoms with Gasteiger partial charge in [0.1, 0.15) is 13.2 Å². The van der Waals surface area contributed by atoms with Crippen molar-refractivity contribution in [3.05, 3.63) is 21.7 Å². The van der Waals surface area contributed by atoms with Crippen molar-refractivity contribution in [2.45, 2.75) is 38.0 Å². The topological polar surface area (TPSA) is 55.8 Å². The third kappa shape index (κ3) is 1.91. The Morgan fingerprint density at radius 2 is 1.85 bits per heavy atom. The van der Waals surface area contributed by atoms with E-state index in [9.17, 15) is 9.90 Å². The molecule has 0 radical (unpaired) electrons. The number of benzene rings is 1. The highest BCUT2D eigenvalue weighted by Crippen LogP contribution is 2.49. The monoisotopic (exact) mass is 340 g/mol. The van der Waals surface area contributed by atoms with Crippen LogP contribution in [0.5, 0.6) is 11.5 Å². The smallest absolute Gasteiger partial charge is 0.314 e. The summed E-state index contributed by atoms with van der Waals surface area (Å²) in [6.07, 6.45) is 3.29. The Kier molecular flexibility index (Phi) is 3.40. The third-order valence-electron chi connectivity index (χ3n) is 4.40. The zero-order chi connectivity index (χ0) is 14.3. The first-order valence-corrected chi connectivity index (χ1v) is 7.68. The molecule has 1 aromatic rings. The van der Waals surface area contributed by atoms with E-state index in [1.54, 1.807) is 0 Å². The number of aliphatic carboxylic acids is 1. The fraction of sp³-hybridized carbons (Fsp3) is 0.533. The molecule has 0 aromatic heterocycles. The number of halogens is 1. The molecule has 1 N–H and O–H groups in total. The van der Waals surface area contributed by atoms with Gasteiger partial charge in [0, 0.05) is 0 Å². The van der Waals surface area contributed by atoms with E-state index in [1.807, 2.05) is 13.0 Å². The van der Waals surface area contributed by atoms with Crippen molar-refractivity contribution in [2.24, 2.45) is 0 Å². The standard InChI is InChI=1S/C15H17BrO4/c1-9-10(15(14(17)18)4-2-3-5-15)8-11(16)13-12(9)19-6-7-20-13/h8H,2-7H2,1H3,(H,17,18). The molecule has 4 nitrogen and oxygen atoms in total. The number of fused-ring (bicyclic) bond motifs is 1. The first-order valence-electron chi connectivity index (χ1n) is 6.89. The van der Waals surface area contributed by atoms with Crippen LogP contribution >= 0.6 is 15.9 Å².